The lowest BCUT2D eigenvalue weighted by molar-refractivity contribution is -0.389. The highest BCUT2D eigenvalue weighted by Gasteiger charge is 2.59. The fourth-order valence-corrected chi connectivity index (χ4v) is 4.73. The summed E-state index contributed by atoms with van der Waals surface area (Å²) < 4.78 is 26.4. The van der Waals surface area contributed by atoms with E-state index < -0.39 is 130 Å². The number of aliphatic carboxylic acids is 1. The molecule has 1 unspecified atom stereocenters. The third-order valence-corrected chi connectivity index (χ3v) is 7.06. The van der Waals surface area contributed by atoms with Crippen molar-refractivity contribution in [3.05, 3.63) is 0 Å². The van der Waals surface area contributed by atoms with Gasteiger partial charge in [0.1, 0.15) is 73.2 Å². The lowest BCUT2D eigenvalue weighted by Crippen LogP contribution is -2.69. The summed E-state index contributed by atoms with van der Waals surface area (Å²) in [5.41, 5.74) is 0. The van der Waals surface area contributed by atoms with Gasteiger partial charge in [0.2, 0.25) is 0 Å². The van der Waals surface area contributed by atoms with Crippen molar-refractivity contribution in [3.63, 3.8) is 0 Å². The van der Waals surface area contributed by atoms with Crippen LogP contribution < -0.4 is 0 Å². The number of carbonyl (C=O) groups is 1. The zero-order chi connectivity index (χ0) is 30.1. The quantitative estimate of drug-likeness (QED) is 0.112. The SMILES string of the molecule is O=C(O)[C@@]1(O[C@H]2[C@@H](O)[C@@H](CO)O[C@@H](O[C@H]3[C@H](O)[C@@H](O)C(O)O[C@@H]3CO)[C@@H]2O)C[C@H](O)[C@@H](O)[C@H]([C@H](O)[C@H](O)CO)O1. The smallest absolute Gasteiger partial charge is 0.364 e. The molecule has 3 saturated heterocycles. The first-order valence-electron chi connectivity index (χ1n) is 12.2. The van der Waals surface area contributed by atoms with E-state index in [0.717, 1.165) is 0 Å². The van der Waals surface area contributed by atoms with E-state index in [-0.39, 0.29) is 0 Å². The Morgan fingerprint density at radius 1 is 0.825 bits per heavy atom. The molecule has 0 spiro atoms. The number of ether oxygens (including phenoxy) is 5. The first-order chi connectivity index (χ1) is 18.7. The third-order valence-electron chi connectivity index (χ3n) is 7.06. The summed E-state index contributed by atoms with van der Waals surface area (Å²) >= 11 is 0. The molecule has 234 valence electrons. The van der Waals surface area contributed by atoms with Gasteiger partial charge in [-0.2, -0.15) is 0 Å². The zero-order valence-corrected chi connectivity index (χ0v) is 20.8. The summed E-state index contributed by atoms with van der Waals surface area (Å²) in [5, 5.41) is 131. The highest BCUT2D eigenvalue weighted by Crippen LogP contribution is 2.38. The maximum absolute atomic E-state index is 12.3. The molecule has 0 saturated carbocycles. The molecule has 0 aliphatic carbocycles. The van der Waals surface area contributed by atoms with E-state index in [1.54, 1.807) is 0 Å². The van der Waals surface area contributed by atoms with Crippen LogP contribution in [0.3, 0.4) is 0 Å². The highest BCUT2D eigenvalue weighted by molar-refractivity contribution is 5.76. The van der Waals surface area contributed by atoms with E-state index in [0.29, 0.717) is 0 Å². The van der Waals surface area contributed by atoms with Crippen molar-refractivity contribution in [3.8, 4) is 0 Å². The van der Waals surface area contributed by atoms with Crippen LogP contribution in [0.5, 0.6) is 0 Å². The highest BCUT2D eigenvalue weighted by atomic mass is 16.8. The van der Waals surface area contributed by atoms with Crippen LogP contribution in [0.2, 0.25) is 0 Å². The van der Waals surface area contributed by atoms with Crippen molar-refractivity contribution in [2.45, 2.75) is 104 Å². The second kappa shape index (κ2) is 13.4. The fourth-order valence-electron chi connectivity index (χ4n) is 4.73. The third kappa shape index (κ3) is 6.40. The molecule has 0 bridgehead atoms. The predicted octanol–water partition coefficient (Wildman–Crippen LogP) is -8.37. The Morgan fingerprint density at radius 2 is 1.45 bits per heavy atom. The normalized spacial score (nSPS) is 48.0. The van der Waals surface area contributed by atoms with Gasteiger partial charge in [0.15, 0.2) is 12.6 Å². The van der Waals surface area contributed by atoms with Crippen LogP contribution in [0, 0.1) is 0 Å². The van der Waals surface area contributed by atoms with Crippen molar-refractivity contribution >= 4 is 5.97 Å². The number of hydrogen-bond donors (Lipinski definition) is 13. The molecule has 3 aliphatic heterocycles. The van der Waals surface area contributed by atoms with Crippen molar-refractivity contribution in [1.29, 1.82) is 0 Å². The maximum atomic E-state index is 12.3. The first kappa shape index (κ1) is 33.3. The molecule has 16 atom stereocenters. The molecule has 3 heterocycles. The van der Waals surface area contributed by atoms with Gasteiger partial charge in [-0.15, -0.1) is 0 Å². The second-order valence-electron chi connectivity index (χ2n) is 9.76. The molecule has 19 nitrogen and oxygen atoms in total. The van der Waals surface area contributed by atoms with Gasteiger partial charge in [-0.05, 0) is 0 Å². The number of carboxylic acids is 1. The van der Waals surface area contributed by atoms with Crippen molar-refractivity contribution in [1.82, 2.24) is 0 Å². The van der Waals surface area contributed by atoms with Crippen LogP contribution >= 0.6 is 0 Å². The molecule has 3 rings (SSSR count). The Labute approximate surface area is 225 Å². The first-order valence-corrected chi connectivity index (χ1v) is 12.2. The van der Waals surface area contributed by atoms with Gasteiger partial charge < -0.3 is 90.1 Å². The Hall–Kier alpha value is -1.21. The van der Waals surface area contributed by atoms with E-state index in [4.69, 9.17) is 28.8 Å². The maximum Gasteiger partial charge on any atom is 0.364 e. The van der Waals surface area contributed by atoms with E-state index in [1.165, 1.54) is 0 Å². The van der Waals surface area contributed by atoms with Gasteiger partial charge in [-0.25, -0.2) is 4.79 Å². The van der Waals surface area contributed by atoms with Gasteiger partial charge >= 0.3 is 5.97 Å². The molecule has 0 radical (unpaired) electrons. The number of hydrogen-bond acceptors (Lipinski definition) is 18. The Kier molecular flexibility index (Phi) is 11.2. The van der Waals surface area contributed by atoms with E-state index in [1.807, 2.05) is 0 Å². The molecule has 0 amide bonds. The molecule has 19 heteroatoms. The van der Waals surface area contributed by atoms with Crippen molar-refractivity contribution in [2.24, 2.45) is 0 Å². The van der Waals surface area contributed by atoms with Gasteiger partial charge in [-0.3, -0.25) is 0 Å². The Balaban J connectivity index is 1.90. The molecular formula is C21H36O19. The minimum atomic E-state index is -3.02. The predicted molar refractivity (Wildman–Crippen MR) is 118 cm³/mol. The monoisotopic (exact) mass is 592 g/mol. The minimum absolute atomic E-state index is 0.861. The molecule has 0 aromatic carbocycles. The molecule has 40 heavy (non-hydrogen) atoms. The van der Waals surface area contributed by atoms with E-state index in [9.17, 15) is 66.1 Å². The summed E-state index contributed by atoms with van der Waals surface area (Å²) in [5.74, 6) is -5.00. The van der Waals surface area contributed by atoms with Gasteiger partial charge in [0, 0.05) is 6.42 Å². The molecule has 0 aromatic rings. The minimum Gasteiger partial charge on any atom is -0.477 e. The standard InChI is InChI=1S/C21H36O19/c22-2-6(26)10(28)16-9(27)5(25)1-21(39-16,20(34)35)40-17-11(29)7(3-23)37-19(14(17)32)38-15-8(4-24)36-18(33)13(31)12(15)30/h5-19,22-33H,1-4H2,(H,34,35)/t5-,6+,7+,8+,9+,10+,11-,12+,13+,14+,15+,16+,17-,18?,19-,21-/m0/s1. The molecule has 0 aromatic heterocycles. The lowest BCUT2D eigenvalue weighted by atomic mass is 9.90. The van der Waals surface area contributed by atoms with Crippen LogP contribution in [0.1, 0.15) is 6.42 Å². The summed E-state index contributed by atoms with van der Waals surface area (Å²) in [6, 6.07) is 0. The second-order valence-corrected chi connectivity index (χ2v) is 9.76. The zero-order valence-electron chi connectivity index (χ0n) is 20.8. The van der Waals surface area contributed by atoms with Crippen LogP contribution in [0.15, 0.2) is 0 Å². The molecule has 3 fully saturated rings. The number of rotatable bonds is 10. The topological polar surface area (TPSA) is 326 Å². The summed E-state index contributed by atoms with van der Waals surface area (Å²) in [7, 11) is 0. The van der Waals surface area contributed by atoms with Gasteiger partial charge in [0.05, 0.1) is 25.9 Å². The molecular weight excluding hydrogens is 556 g/mol. The molecule has 13 N–H and O–H groups in total. The van der Waals surface area contributed by atoms with Crippen molar-refractivity contribution in [2.75, 3.05) is 19.8 Å². The van der Waals surface area contributed by atoms with E-state index in [2.05, 4.69) is 0 Å². The number of aliphatic hydroxyl groups is 12. The average molecular weight is 593 g/mol. The fraction of sp³-hybridized carbons (Fsp3) is 0.952. The van der Waals surface area contributed by atoms with Crippen LogP contribution in [-0.2, 0) is 28.5 Å². The number of carboxylic acid groups (broad SMARTS) is 1. The van der Waals surface area contributed by atoms with Crippen LogP contribution in [-0.4, -0.2) is 190 Å². The summed E-state index contributed by atoms with van der Waals surface area (Å²) in [6.07, 6.45) is -30.0. The summed E-state index contributed by atoms with van der Waals surface area (Å²) in [6.45, 7) is -2.87. The van der Waals surface area contributed by atoms with Crippen molar-refractivity contribution < 1.29 is 94.9 Å². The average Bonchev–Trinajstić information content (AvgIpc) is 2.93. The van der Waals surface area contributed by atoms with Gasteiger partial charge in [0.25, 0.3) is 5.79 Å². The number of aliphatic hydroxyl groups excluding tert-OH is 12. The lowest BCUT2D eigenvalue weighted by Gasteiger charge is -2.49. The van der Waals surface area contributed by atoms with E-state index >= 15 is 0 Å². The Bertz CT molecular complexity index is 832. The largest absolute Gasteiger partial charge is 0.477 e. The molecule has 3 aliphatic rings. The summed E-state index contributed by atoms with van der Waals surface area (Å²) in [4.78, 5) is 12.3. The van der Waals surface area contributed by atoms with Gasteiger partial charge in [-0.1, -0.05) is 0 Å². The van der Waals surface area contributed by atoms with Crippen LogP contribution in [0.4, 0.5) is 0 Å². The van der Waals surface area contributed by atoms with Crippen LogP contribution in [0.25, 0.3) is 0 Å². The Morgan fingerprint density at radius 3 is 2.00 bits per heavy atom.